The number of benzene rings is 2. The van der Waals surface area contributed by atoms with Crippen LogP contribution in [0.1, 0.15) is 29.0 Å². The van der Waals surface area contributed by atoms with Crippen molar-refractivity contribution < 1.29 is 4.79 Å². The zero-order valence-electron chi connectivity index (χ0n) is 15.8. The molecular weight excluding hydrogens is 374 g/mol. The van der Waals surface area contributed by atoms with Crippen LogP contribution >= 0.6 is 12.4 Å². The van der Waals surface area contributed by atoms with Gasteiger partial charge in [-0.15, -0.1) is 17.5 Å². The van der Waals surface area contributed by atoms with Gasteiger partial charge in [-0.25, -0.2) is 4.68 Å². The van der Waals surface area contributed by atoms with Gasteiger partial charge in [0.25, 0.3) is 5.91 Å². The Morgan fingerprint density at radius 3 is 2.25 bits per heavy atom. The smallest absolute Gasteiger partial charge is 0.276 e. The van der Waals surface area contributed by atoms with E-state index in [-0.39, 0.29) is 24.4 Å². The molecule has 28 heavy (non-hydrogen) atoms. The topological polar surface area (TPSA) is 77.0 Å². The lowest BCUT2D eigenvalue weighted by Gasteiger charge is -2.29. The first-order valence-electron chi connectivity index (χ1n) is 9.26. The Kier molecular flexibility index (Phi) is 6.11. The van der Waals surface area contributed by atoms with Crippen LogP contribution in [0.3, 0.4) is 0 Å². The first-order valence-corrected chi connectivity index (χ1v) is 9.26. The fraction of sp³-hybridized carbons (Fsp3) is 0.286. The van der Waals surface area contributed by atoms with E-state index < -0.39 is 0 Å². The molecule has 0 spiro atoms. The second kappa shape index (κ2) is 8.54. The van der Waals surface area contributed by atoms with E-state index in [2.05, 4.69) is 34.6 Å². The van der Waals surface area contributed by atoms with Gasteiger partial charge in [-0.2, -0.15) is 0 Å². The van der Waals surface area contributed by atoms with E-state index in [1.54, 1.807) is 4.68 Å². The minimum atomic E-state index is -0.0634. The first-order chi connectivity index (χ1) is 13.1. The van der Waals surface area contributed by atoms with E-state index in [0.717, 1.165) is 29.8 Å². The summed E-state index contributed by atoms with van der Waals surface area (Å²) in [4.78, 5) is 14.6. The fourth-order valence-corrected chi connectivity index (χ4v) is 3.45. The Hall–Kier alpha value is -2.70. The molecule has 2 aromatic carbocycles. The molecule has 0 unspecified atom stereocenters. The van der Waals surface area contributed by atoms with Gasteiger partial charge in [-0.3, -0.25) is 4.79 Å². The molecule has 0 aliphatic carbocycles. The SMILES string of the molecule is Cc1c(C(=O)N2CCC(N)CC2)nnn1-c1ccc(-c2ccccc2)cc1.Cl. The number of nitrogens with zero attached hydrogens (tertiary/aromatic N) is 4. The molecule has 1 amide bonds. The van der Waals surface area contributed by atoms with E-state index >= 15 is 0 Å². The van der Waals surface area contributed by atoms with Gasteiger partial charge in [0.1, 0.15) is 0 Å². The van der Waals surface area contributed by atoms with E-state index in [4.69, 9.17) is 5.73 Å². The van der Waals surface area contributed by atoms with Gasteiger partial charge in [0.05, 0.1) is 11.4 Å². The Labute approximate surface area is 170 Å². The summed E-state index contributed by atoms with van der Waals surface area (Å²) in [5, 5.41) is 8.37. The highest BCUT2D eigenvalue weighted by Gasteiger charge is 2.26. The molecule has 6 nitrogen and oxygen atoms in total. The lowest BCUT2D eigenvalue weighted by atomic mass is 10.1. The maximum absolute atomic E-state index is 12.8. The summed E-state index contributed by atoms with van der Waals surface area (Å²) in [7, 11) is 0. The molecule has 1 aliphatic heterocycles. The standard InChI is InChI=1S/C21H23N5O.ClH/c1-15-20(21(27)25-13-11-18(22)12-14-25)23-24-26(15)19-9-7-17(8-10-19)16-5-3-2-4-6-16;/h2-10,18H,11-14,22H2,1H3;1H. The summed E-state index contributed by atoms with van der Waals surface area (Å²) < 4.78 is 1.72. The predicted octanol–water partition coefficient (Wildman–Crippen LogP) is 3.23. The van der Waals surface area contributed by atoms with Crippen molar-refractivity contribution in [2.75, 3.05) is 13.1 Å². The van der Waals surface area contributed by atoms with E-state index in [9.17, 15) is 4.79 Å². The van der Waals surface area contributed by atoms with Crippen molar-refractivity contribution >= 4 is 18.3 Å². The molecule has 0 saturated carbocycles. The minimum absolute atomic E-state index is 0. The number of hydrogen-bond donors (Lipinski definition) is 1. The Morgan fingerprint density at radius 1 is 1.00 bits per heavy atom. The zero-order valence-corrected chi connectivity index (χ0v) is 16.6. The van der Waals surface area contributed by atoms with Gasteiger partial charge < -0.3 is 10.6 Å². The number of nitrogens with two attached hydrogens (primary N) is 1. The molecule has 7 heteroatoms. The molecule has 1 saturated heterocycles. The number of rotatable bonds is 3. The Bertz CT molecular complexity index is 931. The van der Waals surface area contributed by atoms with Crippen LogP contribution in [-0.4, -0.2) is 44.9 Å². The molecule has 1 aliphatic rings. The third-order valence-corrected chi connectivity index (χ3v) is 5.14. The molecule has 1 fully saturated rings. The summed E-state index contributed by atoms with van der Waals surface area (Å²) in [6, 6.07) is 18.5. The molecule has 0 atom stereocenters. The van der Waals surface area contributed by atoms with Gasteiger partial charge in [0, 0.05) is 19.1 Å². The summed E-state index contributed by atoms with van der Waals surface area (Å²) in [5.74, 6) is -0.0634. The average Bonchev–Trinajstić information content (AvgIpc) is 3.10. The maximum Gasteiger partial charge on any atom is 0.276 e. The number of aromatic nitrogens is 3. The van der Waals surface area contributed by atoms with Crippen LogP contribution < -0.4 is 5.73 Å². The number of hydrogen-bond acceptors (Lipinski definition) is 4. The number of carbonyl (C=O) groups is 1. The van der Waals surface area contributed by atoms with Crippen molar-refractivity contribution in [1.82, 2.24) is 19.9 Å². The molecule has 0 radical (unpaired) electrons. The Morgan fingerprint density at radius 2 is 1.61 bits per heavy atom. The van der Waals surface area contributed by atoms with Crippen molar-refractivity contribution in [2.45, 2.75) is 25.8 Å². The van der Waals surface area contributed by atoms with E-state index in [1.165, 1.54) is 5.56 Å². The largest absolute Gasteiger partial charge is 0.337 e. The monoisotopic (exact) mass is 397 g/mol. The molecule has 0 bridgehead atoms. The van der Waals surface area contributed by atoms with Crippen molar-refractivity contribution in [2.24, 2.45) is 5.73 Å². The van der Waals surface area contributed by atoms with Gasteiger partial charge >= 0.3 is 0 Å². The van der Waals surface area contributed by atoms with Crippen molar-refractivity contribution in [1.29, 1.82) is 0 Å². The number of halogens is 1. The predicted molar refractivity (Wildman–Crippen MR) is 112 cm³/mol. The first kappa shape index (κ1) is 20.0. The van der Waals surface area contributed by atoms with Crippen LogP contribution in [0.2, 0.25) is 0 Å². The molecular formula is C21H24ClN5O. The normalized spacial score (nSPS) is 14.6. The highest BCUT2D eigenvalue weighted by atomic mass is 35.5. The fourth-order valence-electron chi connectivity index (χ4n) is 3.45. The van der Waals surface area contributed by atoms with Crippen molar-refractivity contribution in [3.05, 3.63) is 66.0 Å². The van der Waals surface area contributed by atoms with Crippen molar-refractivity contribution in [3.8, 4) is 16.8 Å². The van der Waals surface area contributed by atoms with Crippen LogP contribution in [0, 0.1) is 6.92 Å². The highest BCUT2D eigenvalue weighted by molar-refractivity contribution is 5.93. The number of likely N-dealkylation sites (tertiary alicyclic amines) is 1. The van der Waals surface area contributed by atoms with Crippen LogP contribution in [0.5, 0.6) is 0 Å². The molecule has 4 rings (SSSR count). The highest BCUT2D eigenvalue weighted by Crippen LogP contribution is 2.22. The minimum Gasteiger partial charge on any atom is -0.337 e. The van der Waals surface area contributed by atoms with Gasteiger partial charge in [0.15, 0.2) is 5.69 Å². The summed E-state index contributed by atoms with van der Waals surface area (Å²) in [5.41, 5.74) is 10.3. The van der Waals surface area contributed by atoms with Crippen LogP contribution in [0.15, 0.2) is 54.6 Å². The molecule has 2 heterocycles. The van der Waals surface area contributed by atoms with Crippen molar-refractivity contribution in [3.63, 3.8) is 0 Å². The number of carbonyl (C=O) groups excluding carboxylic acids is 1. The summed E-state index contributed by atoms with van der Waals surface area (Å²) >= 11 is 0. The number of amides is 1. The van der Waals surface area contributed by atoms with E-state index in [0.29, 0.717) is 18.8 Å². The lowest BCUT2D eigenvalue weighted by Crippen LogP contribution is -2.43. The van der Waals surface area contributed by atoms with Gasteiger partial charge in [0.2, 0.25) is 0 Å². The number of piperidine rings is 1. The third-order valence-electron chi connectivity index (χ3n) is 5.14. The average molecular weight is 398 g/mol. The lowest BCUT2D eigenvalue weighted by molar-refractivity contribution is 0.0708. The molecule has 146 valence electrons. The van der Waals surface area contributed by atoms with Crippen LogP contribution in [0.4, 0.5) is 0 Å². The third kappa shape index (κ3) is 3.93. The molecule has 1 aromatic heterocycles. The maximum atomic E-state index is 12.8. The molecule has 2 N–H and O–H groups in total. The second-order valence-corrected chi connectivity index (χ2v) is 6.98. The van der Waals surface area contributed by atoms with E-state index in [1.807, 2.05) is 42.2 Å². The zero-order chi connectivity index (χ0) is 18.8. The molecule has 3 aromatic rings. The second-order valence-electron chi connectivity index (χ2n) is 6.98. The van der Waals surface area contributed by atoms with Crippen LogP contribution in [-0.2, 0) is 0 Å². The Balaban J connectivity index is 0.00000225. The summed E-state index contributed by atoms with van der Waals surface area (Å²) in [6.07, 6.45) is 1.67. The van der Waals surface area contributed by atoms with Crippen LogP contribution in [0.25, 0.3) is 16.8 Å². The quantitative estimate of drug-likeness (QED) is 0.736. The van der Waals surface area contributed by atoms with Gasteiger partial charge in [-0.05, 0) is 43.0 Å². The van der Waals surface area contributed by atoms with Gasteiger partial charge in [-0.1, -0.05) is 47.7 Å². The summed E-state index contributed by atoms with van der Waals surface area (Å²) in [6.45, 7) is 3.24.